The third kappa shape index (κ3) is 8.74. The van der Waals surface area contributed by atoms with Gasteiger partial charge in [0.05, 0.1) is 0 Å². The summed E-state index contributed by atoms with van der Waals surface area (Å²) >= 11 is 0. The quantitative estimate of drug-likeness (QED) is 0.532. The molecule has 152 valence electrons. The number of piperidine rings is 1. The molecule has 0 spiro atoms. The molecule has 0 unspecified atom stereocenters. The number of guanidine groups is 1. The summed E-state index contributed by atoms with van der Waals surface area (Å²) in [5.74, 6) is 0.805. The van der Waals surface area contributed by atoms with E-state index in [0.717, 1.165) is 31.9 Å². The van der Waals surface area contributed by atoms with Crippen molar-refractivity contribution in [3.63, 3.8) is 0 Å². The van der Waals surface area contributed by atoms with Crippen molar-refractivity contribution in [2.45, 2.75) is 65.5 Å². The molecule has 0 bridgehead atoms. The van der Waals surface area contributed by atoms with E-state index in [0.29, 0.717) is 25.7 Å². The Balaban J connectivity index is 2.34. The molecule has 7 heteroatoms. The van der Waals surface area contributed by atoms with Crippen LogP contribution in [0.5, 0.6) is 0 Å². The number of hydrogen-bond donors (Lipinski definition) is 2. The zero-order valence-electron chi connectivity index (χ0n) is 17.6. The fourth-order valence-corrected chi connectivity index (χ4v) is 3.02. The first-order valence-corrected chi connectivity index (χ1v) is 9.96. The van der Waals surface area contributed by atoms with E-state index >= 15 is 0 Å². The lowest BCUT2D eigenvalue weighted by molar-refractivity contribution is 0.0264. The van der Waals surface area contributed by atoms with Crippen LogP contribution in [0.1, 0.15) is 53.9 Å². The summed E-state index contributed by atoms with van der Waals surface area (Å²) in [5.41, 5.74) is -0.470. The molecule has 0 aromatic rings. The highest BCUT2D eigenvalue weighted by Gasteiger charge is 2.21. The summed E-state index contributed by atoms with van der Waals surface area (Å²) < 4.78 is 5.43. The lowest BCUT2D eigenvalue weighted by Gasteiger charge is -2.33. The Bertz CT molecular complexity index is 440. The van der Waals surface area contributed by atoms with Crippen LogP contribution in [-0.2, 0) is 4.74 Å². The van der Waals surface area contributed by atoms with Gasteiger partial charge in [0.15, 0.2) is 5.96 Å². The Morgan fingerprint density at radius 2 is 1.92 bits per heavy atom. The number of carbonyl (C=O) groups is 1. The highest BCUT2D eigenvalue weighted by Crippen LogP contribution is 2.11. The number of ether oxygens (including phenoxy) is 1. The third-order valence-corrected chi connectivity index (χ3v) is 4.40. The SMILES string of the molecule is CCCN1CCC(NC(=NC)NCCN(CC)C(=O)OC(C)(C)C)CC1. The van der Waals surface area contributed by atoms with E-state index in [1.807, 2.05) is 27.7 Å². The van der Waals surface area contributed by atoms with Crippen LogP contribution in [0.2, 0.25) is 0 Å². The van der Waals surface area contributed by atoms with Crippen LogP contribution in [-0.4, -0.2) is 79.8 Å². The van der Waals surface area contributed by atoms with E-state index < -0.39 is 5.60 Å². The number of aliphatic imine (C=N–C) groups is 1. The summed E-state index contributed by atoms with van der Waals surface area (Å²) in [6, 6.07) is 0.461. The van der Waals surface area contributed by atoms with Gasteiger partial charge in [0, 0.05) is 45.8 Å². The number of likely N-dealkylation sites (N-methyl/N-ethyl adjacent to an activating group) is 1. The van der Waals surface area contributed by atoms with E-state index in [9.17, 15) is 4.79 Å². The average Bonchev–Trinajstić information content (AvgIpc) is 2.57. The summed E-state index contributed by atoms with van der Waals surface area (Å²) in [5, 5.41) is 6.82. The van der Waals surface area contributed by atoms with E-state index in [4.69, 9.17) is 4.74 Å². The molecule has 0 radical (unpaired) electrons. The molecule has 26 heavy (non-hydrogen) atoms. The zero-order valence-corrected chi connectivity index (χ0v) is 17.6. The van der Waals surface area contributed by atoms with Gasteiger partial charge in [-0.1, -0.05) is 6.92 Å². The van der Waals surface area contributed by atoms with Crippen LogP contribution in [0, 0.1) is 0 Å². The first-order chi connectivity index (χ1) is 12.3. The van der Waals surface area contributed by atoms with Gasteiger partial charge in [0.1, 0.15) is 5.60 Å². The third-order valence-electron chi connectivity index (χ3n) is 4.40. The first kappa shape index (κ1) is 22.5. The first-order valence-electron chi connectivity index (χ1n) is 9.96. The van der Waals surface area contributed by atoms with Gasteiger partial charge in [0.2, 0.25) is 0 Å². The Morgan fingerprint density at radius 3 is 2.42 bits per heavy atom. The lowest BCUT2D eigenvalue weighted by Crippen LogP contribution is -2.50. The smallest absolute Gasteiger partial charge is 0.410 e. The van der Waals surface area contributed by atoms with Gasteiger partial charge in [-0.05, 0) is 53.5 Å². The number of carbonyl (C=O) groups excluding carboxylic acids is 1. The van der Waals surface area contributed by atoms with Crippen LogP contribution in [0.4, 0.5) is 4.79 Å². The van der Waals surface area contributed by atoms with Gasteiger partial charge in [0.25, 0.3) is 0 Å². The van der Waals surface area contributed by atoms with Gasteiger partial charge in [-0.25, -0.2) is 4.79 Å². The Labute approximate surface area is 159 Å². The van der Waals surface area contributed by atoms with Crippen LogP contribution >= 0.6 is 0 Å². The van der Waals surface area contributed by atoms with Gasteiger partial charge in [-0.15, -0.1) is 0 Å². The molecule has 1 fully saturated rings. The molecule has 1 saturated heterocycles. The standard InChI is InChI=1S/C19H39N5O2/c1-7-12-23-13-9-16(10-14-23)22-17(20-6)21-11-15-24(8-2)18(25)26-19(3,4)5/h16H,7-15H2,1-6H3,(H2,20,21,22). The van der Waals surface area contributed by atoms with Crippen molar-refractivity contribution < 1.29 is 9.53 Å². The highest BCUT2D eigenvalue weighted by atomic mass is 16.6. The summed E-state index contributed by atoms with van der Waals surface area (Å²) in [6.45, 7) is 15.2. The van der Waals surface area contributed by atoms with Crippen LogP contribution < -0.4 is 10.6 Å². The zero-order chi connectivity index (χ0) is 19.6. The van der Waals surface area contributed by atoms with Gasteiger partial charge >= 0.3 is 6.09 Å². The van der Waals surface area contributed by atoms with Crippen molar-refractivity contribution >= 4 is 12.1 Å². The highest BCUT2D eigenvalue weighted by molar-refractivity contribution is 5.80. The average molecular weight is 370 g/mol. The molecule has 1 rings (SSSR count). The lowest BCUT2D eigenvalue weighted by atomic mass is 10.1. The van der Waals surface area contributed by atoms with Crippen molar-refractivity contribution in [2.75, 3.05) is 46.3 Å². The normalized spacial score (nSPS) is 17.1. The predicted octanol–water partition coefficient (Wildman–Crippen LogP) is 2.28. The summed E-state index contributed by atoms with van der Waals surface area (Å²) in [7, 11) is 1.78. The number of rotatable bonds is 7. The van der Waals surface area contributed by atoms with Gasteiger partial charge in [-0.3, -0.25) is 4.99 Å². The van der Waals surface area contributed by atoms with Crippen LogP contribution in [0.3, 0.4) is 0 Å². The van der Waals surface area contributed by atoms with Crippen molar-refractivity contribution in [3.8, 4) is 0 Å². The van der Waals surface area contributed by atoms with Crippen molar-refractivity contribution in [1.29, 1.82) is 0 Å². The Morgan fingerprint density at radius 1 is 1.27 bits per heavy atom. The minimum Gasteiger partial charge on any atom is -0.444 e. The number of hydrogen-bond acceptors (Lipinski definition) is 4. The van der Waals surface area contributed by atoms with Gasteiger partial charge in [-0.2, -0.15) is 0 Å². The monoisotopic (exact) mass is 369 g/mol. The molecule has 1 aliphatic rings. The fourth-order valence-electron chi connectivity index (χ4n) is 3.02. The van der Waals surface area contributed by atoms with Crippen molar-refractivity contribution in [2.24, 2.45) is 4.99 Å². The molecule has 0 atom stereocenters. The van der Waals surface area contributed by atoms with Crippen molar-refractivity contribution in [1.82, 2.24) is 20.4 Å². The fraction of sp³-hybridized carbons (Fsp3) is 0.895. The van der Waals surface area contributed by atoms with Crippen LogP contribution in [0.25, 0.3) is 0 Å². The molecule has 1 aliphatic heterocycles. The van der Waals surface area contributed by atoms with E-state index in [1.54, 1.807) is 11.9 Å². The molecule has 2 N–H and O–H groups in total. The Hall–Kier alpha value is -1.50. The Kier molecular flexibility index (Phi) is 9.76. The topological polar surface area (TPSA) is 69.2 Å². The van der Waals surface area contributed by atoms with E-state index in [2.05, 4.69) is 27.4 Å². The van der Waals surface area contributed by atoms with E-state index in [1.165, 1.54) is 13.0 Å². The number of amides is 1. The second-order valence-electron chi connectivity index (χ2n) is 7.82. The molecule has 0 aromatic heterocycles. The predicted molar refractivity (Wildman–Crippen MR) is 108 cm³/mol. The molecule has 0 saturated carbocycles. The minimum atomic E-state index is -0.470. The maximum Gasteiger partial charge on any atom is 0.410 e. The number of nitrogens with zero attached hydrogens (tertiary/aromatic N) is 3. The maximum atomic E-state index is 12.2. The molecule has 0 aliphatic carbocycles. The maximum absolute atomic E-state index is 12.2. The molecule has 1 amide bonds. The summed E-state index contributed by atoms with van der Waals surface area (Å²) in [4.78, 5) is 20.7. The van der Waals surface area contributed by atoms with Gasteiger partial charge < -0.3 is 25.2 Å². The van der Waals surface area contributed by atoms with Crippen molar-refractivity contribution in [3.05, 3.63) is 0 Å². The largest absolute Gasteiger partial charge is 0.444 e. The van der Waals surface area contributed by atoms with E-state index in [-0.39, 0.29) is 6.09 Å². The summed E-state index contributed by atoms with van der Waals surface area (Å²) in [6.07, 6.45) is 3.22. The second kappa shape index (κ2) is 11.3. The molecular formula is C19H39N5O2. The molecular weight excluding hydrogens is 330 g/mol. The molecule has 1 heterocycles. The number of likely N-dealkylation sites (tertiary alicyclic amines) is 1. The molecule has 7 nitrogen and oxygen atoms in total. The number of nitrogens with one attached hydrogen (secondary N) is 2. The second-order valence-corrected chi connectivity index (χ2v) is 7.82. The minimum absolute atomic E-state index is 0.270. The van der Waals surface area contributed by atoms with Crippen LogP contribution in [0.15, 0.2) is 4.99 Å². The molecule has 0 aromatic carbocycles.